The Labute approximate surface area is 181 Å². The summed E-state index contributed by atoms with van der Waals surface area (Å²) in [5.74, 6) is 0.299. The van der Waals surface area contributed by atoms with Crippen LogP contribution in [0.15, 0.2) is 48.5 Å². The zero-order chi connectivity index (χ0) is 22.6. The van der Waals surface area contributed by atoms with E-state index in [2.05, 4.69) is 0 Å². The van der Waals surface area contributed by atoms with Crippen LogP contribution in [0, 0.1) is 0 Å². The van der Waals surface area contributed by atoms with Gasteiger partial charge in [0.1, 0.15) is 24.7 Å². The van der Waals surface area contributed by atoms with Gasteiger partial charge in [0, 0.05) is 13.8 Å². The molecule has 2 aromatic carbocycles. The van der Waals surface area contributed by atoms with Gasteiger partial charge in [-0.2, -0.15) is 0 Å². The van der Waals surface area contributed by atoms with E-state index in [0.29, 0.717) is 17.9 Å². The Morgan fingerprint density at radius 1 is 0.710 bits per heavy atom. The van der Waals surface area contributed by atoms with E-state index in [9.17, 15) is 19.8 Å². The van der Waals surface area contributed by atoms with E-state index < -0.39 is 24.1 Å². The van der Waals surface area contributed by atoms with E-state index in [4.69, 9.17) is 18.9 Å². The lowest BCUT2D eigenvalue weighted by atomic mass is 10.0. The molecule has 0 aliphatic rings. The molecule has 0 aromatic heterocycles. The molecule has 0 bridgehead atoms. The molecule has 2 atom stereocenters. The van der Waals surface area contributed by atoms with E-state index in [-0.39, 0.29) is 26.4 Å². The normalized spacial score (nSPS) is 12.5. The molecule has 2 rings (SSSR count). The maximum atomic E-state index is 11.0. The lowest BCUT2D eigenvalue weighted by Crippen LogP contribution is -2.27. The van der Waals surface area contributed by atoms with Crippen molar-refractivity contribution in [3.8, 4) is 11.5 Å². The first-order chi connectivity index (χ1) is 14.9. The smallest absolute Gasteiger partial charge is 0.303 e. The third-order valence-electron chi connectivity index (χ3n) is 4.20. The highest BCUT2D eigenvalue weighted by molar-refractivity contribution is 5.66. The topological polar surface area (TPSA) is 112 Å². The zero-order valence-corrected chi connectivity index (χ0v) is 17.7. The van der Waals surface area contributed by atoms with Gasteiger partial charge in [-0.05, 0) is 41.8 Å². The van der Waals surface area contributed by atoms with Gasteiger partial charge in [-0.1, -0.05) is 24.3 Å². The highest BCUT2D eigenvalue weighted by Crippen LogP contribution is 2.18. The number of rotatable bonds is 12. The Balaban J connectivity index is 1.83. The SMILES string of the molecule is CC(=O)OC(CO)COc1ccc(Cc2ccc(OCC(CO)OC(C)=O)cc2)cc1. The molecule has 2 aromatic rings. The van der Waals surface area contributed by atoms with Gasteiger partial charge in [0.15, 0.2) is 12.2 Å². The van der Waals surface area contributed by atoms with Gasteiger partial charge in [0.05, 0.1) is 13.2 Å². The lowest BCUT2D eigenvalue weighted by molar-refractivity contribution is -0.150. The predicted molar refractivity (Wildman–Crippen MR) is 112 cm³/mol. The van der Waals surface area contributed by atoms with Crippen LogP contribution < -0.4 is 9.47 Å². The quantitative estimate of drug-likeness (QED) is 0.489. The third-order valence-corrected chi connectivity index (χ3v) is 4.20. The molecule has 0 radical (unpaired) electrons. The molecular formula is C23H28O8. The first-order valence-electron chi connectivity index (χ1n) is 9.89. The summed E-state index contributed by atoms with van der Waals surface area (Å²) < 4.78 is 21.0. The van der Waals surface area contributed by atoms with Crippen LogP contribution in [0.1, 0.15) is 25.0 Å². The molecule has 0 fully saturated rings. The Bertz CT molecular complexity index is 747. The Hall–Kier alpha value is -3.10. The second-order valence-corrected chi connectivity index (χ2v) is 6.91. The molecule has 2 N–H and O–H groups in total. The van der Waals surface area contributed by atoms with Gasteiger partial charge < -0.3 is 29.2 Å². The summed E-state index contributed by atoms with van der Waals surface area (Å²) >= 11 is 0. The zero-order valence-electron chi connectivity index (χ0n) is 17.7. The number of ether oxygens (including phenoxy) is 4. The second-order valence-electron chi connectivity index (χ2n) is 6.91. The molecule has 0 aliphatic carbocycles. The summed E-state index contributed by atoms with van der Waals surface area (Å²) in [6.07, 6.45) is -0.681. The molecular weight excluding hydrogens is 404 g/mol. The van der Waals surface area contributed by atoms with E-state index in [1.165, 1.54) is 13.8 Å². The number of hydrogen-bond donors (Lipinski definition) is 2. The average molecular weight is 432 g/mol. The maximum absolute atomic E-state index is 11.0. The predicted octanol–water partition coefficient (Wildman–Crippen LogP) is 1.88. The van der Waals surface area contributed by atoms with Crippen LogP contribution in [0.4, 0.5) is 0 Å². The number of carbonyl (C=O) groups is 2. The molecule has 8 heteroatoms. The Morgan fingerprint density at radius 3 is 1.35 bits per heavy atom. The van der Waals surface area contributed by atoms with E-state index in [1.807, 2.05) is 48.5 Å². The number of carbonyl (C=O) groups excluding carboxylic acids is 2. The van der Waals surface area contributed by atoms with E-state index in [1.54, 1.807) is 0 Å². The summed E-state index contributed by atoms with van der Waals surface area (Å²) in [6, 6.07) is 15.0. The molecule has 0 heterocycles. The number of aliphatic hydroxyl groups excluding tert-OH is 2. The van der Waals surface area contributed by atoms with Crippen LogP contribution in [-0.4, -0.2) is 60.8 Å². The van der Waals surface area contributed by atoms with Crippen molar-refractivity contribution in [1.29, 1.82) is 0 Å². The fraction of sp³-hybridized carbons (Fsp3) is 0.391. The van der Waals surface area contributed by atoms with Crippen molar-refractivity contribution < 1.29 is 38.7 Å². The van der Waals surface area contributed by atoms with Crippen LogP contribution in [0.25, 0.3) is 0 Å². The van der Waals surface area contributed by atoms with E-state index in [0.717, 1.165) is 11.1 Å². The fourth-order valence-corrected chi connectivity index (χ4v) is 2.74. The largest absolute Gasteiger partial charge is 0.490 e. The van der Waals surface area contributed by atoms with Crippen LogP contribution in [0.2, 0.25) is 0 Å². The van der Waals surface area contributed by atoms with Crippen molar-refractivity contribution in [1.82, 2.24) is 0 Å². The molecule has 168 valence electrons. The monoisotopic (exact) mass is 432 g/mol. The Kier molecular flexibility index (Phi) is 9.80. The summed E-state index contributed by atoms with van der Waals surface area (Å²) in [5.41, 5.74) is 2.16. The summed E-state index contributed by atoms with van der Waals surface area (Å²) in [6.45, 7) is 2.11. The van der Waals surface area contributed by atoms with Gasteiger partial charge in [0.25, 0.3) is 0 Å². The third kappa shape index (κ3) is 9.06. The number of esters is 2. The first kappa shape index (κ1) is 24.2. The minimum Gasteiger partial charge on any atom is -0.490 e. The van der Waals surface area contributed by atoms with Crippen LogP contribution in [-0.2, 0) is 25.5 Å². The summed E-state index contributed by atoms with van der Waals surface area (Å²) in [7, 11) is 0. The number of hydrogen-bond acceptors (Lipinski definition) is 8. The van der Waals surface area contributed by atoms with E-state index >= 15 is 0 Å². The molecule has 0 aliphatic heterocycles. The van der Waals surface area contributed by atoms with Crippen molar-refractivity contribution in [2.75, 3.05) is 26.4 Å². The summed E-state index contributed by atoms with van der Waals surface area (Å²) in [4.78, 5) is 21.9. The average Bonchev–Trinajstić information content (AvgIpc) is 2.75. The summed E-state index contributed by atoms with van der Waals surface area (Å²) in [5, 5.41) is 18.4. The minimum atomic E-state index is -0.695. The maximum Gasteiger partial charge on any atom is 0.303 e. The Morgan fingerprint density at radius 2 is 1.06 bits per heavy atom. The number of benzene rings is 2. The second kappa shape index (κ2) is 12.6. The molecule has 2 unspecified atom stereocenters. The van der Waals surface area contributed by atoms with Gasteiger partial charge in [0.2, 0.25) is 0 Å². The molecule has 8 nitrogen and oxygen atoms in total. The molecule has 0 amide bonds. The van der Waals surface area contributed by atoms with Crippen molar-refractivity contribution in [3.63, 3.8) is 0 Å². The fourth-order valence-electron chi connectivity index (χ4n) is 2.74. The standard InChI is InChI=1S/C23H28O8/c1-16(26)30-22(12-24)14-28-20-7-3-18(4-8-20)11-19-5-9-21(10-6-19)29-15-23(13-25)31-17(2)27/h3-10,22-25H,11-15H2,1-2H3. The van der Waals surface area contributed by atoms with Gasteiger partial charge >= 0.3 is 11.9 Å². The highest BCUT2D eigenvalue weighted by Gasteiger charge is 2.12. The first-order valence-corrected chi connectivity index (χ1v) is 9.89. The molecule has 0 spiro atoms. The van der Waals surface area contributed by atoms with Crippen molar-refractivity contribution >= 4 is 11.9 Å². The van der Waals surface area contributed by atoms with Crippen LogP contribution in [0.3, 0.4) is 0 Å². The molecule has 0 saturated carbocycles. The highest BCUT2D eigenvalue weighted by atomic mass is 16.6. The number of aliphatic hydroxyl groups is 2. The van der Waals surface area contributed by atoms with Gasteiger partial charge in [-0.25, -0.2) is 0 Å². The van der Waals surface area contributed by atoms with Crippen LogP contribution in [0.5, 0.6) is 11.5 Å². The van der Waals surface area contributed by atoms with Gasteiger partial charge in [-0.3, -0.25) is 9.59 Å². The van der Waals surface area contributed by atoms with Gasteiger partial charge in [-0.15, -0.1) is 0 Å². The molecule has 0 saturated heterocycles. The minimum absolute atomic E-state index is 0.0749. The van der Waals surface area contributed by atoms with Crippen molar-refractivity contribution in [2.24, 2.45) is 0 Å². The van der Waals surface area contributed by atoms with Crippen molar-refractivity contribution in [3.05, 3.63) is 59.7 Å². The van der Waals surface area contributed by atoms with Crippen molar-refractivity contribution in [2.45, 2.75) is 32.5 Å². The lowest BCUT2D eigenvalue weighted by Gasteiger charge is -2.15. The van der Waals surface area contributed by atoms with Crippen LogP contribution >= 0.6 is 0 Å². The molecule has 31 heavy (non-hydrogen) atoms.